The van der Waals surface area contributed by atoms with E-state index in [1.807, 2.05) is 101 Å². The van der Waals surface area contributed by atoms with E-state index in [-0.39, 0.29) is 31.4 Å². The van der Waals surface area contributed by atoms with Crippen molar-refractivity contribution in [2.24, 2.45) is 33.9 Å². The van der Waals surface area contributed by atoms with Gasteiger partial charge in [-0.1, -0.05) is 94.4 Å². The van der Waals surface area contributed by atoms with Gasteiger partial charge in [0.1, 0.15) is 29.7 Å². The summed E-state index contributed by atoms with van der Waals surface area (Å²) in [4.78, 5) is 30.2. The van der Waals surface area contributed by atoms with Gasteiger partial charge < -0.3 is 43.9 Å². The molecule has 0 aromatic heterocycles. The van der Waals surface area contributed by atoms with E-state index in [2.05, 4.69) is 0 Å². The number of likely N-dealkylation sites (N-methyl/N-ethyl adjacent to an activating group) is 1. The second-order valence-corrected chi connectivity index (χ2v) is 19.1. The SMILES string of the molecule is CCC1OC(=O)C(C)C(OC(=O)Cc2ccc(F)cc2)C(C)C(OC2OC(C)CC(N(C)C)C2O)C(C)(OC)CC(C)C(=NN=C(C)c2ccc(-c3ccccc3)cc2)C(C)C(O)C1(C)O. The summed E-state index contributed by atoms with van der Waals surface area (Å²) in [7, 11) is 5.28. The minimum atomic E-state index is -1.98. The number of carbonyl (C=O) groups is 2. The average Bonchev–Trinajstić information content (AvgIpc) is 3.29. The second-order valence-electron chi connectivity index (χ2n) is 19.1. The summed E-state index contributed by atoms with van der Waals surface area (Å²) in [5.41, 5.74) is 1.22. The number of aliphatic hydroxyl groups is 3. The normalized spacial score (nSPS) is 34.7. The summed E-state index contributed by atoms with van der Waals surface area (Å²) in [6, 6.07) is 23.2. The van der Waals surface area contributed by atoms with E-state index in [9.17, 15) is 29.3 Å². The first-order chi connectivity index (χ1) is 31.1. The number of esters is 2. The fourth-order valence-electron chi connectivity index (χ4n) is 9.67. The molecule has 0 radical (unpaired) electrons. The van der Waals surface area contributed by atoms with Crippen LogP contribution < -0.4 is 0 Å². The Morgan fingerprint density at radius 2 is 1.55 bits per heavy atom. The molecule has 0 aliphatic carbocycles. The Morgan fingerprint density at radius 1 is 0.924 bits per heavy atom. The molecular formula is C52H72FN3O10. The molecular weight excluding hydrogens is 846 g/mol. The van der Waals surface area contributed by atoms with Gasteiger partial charge >= 0.3 is 11.9 Å². The quantitative estimate of drug-likeness (QED) is 0.0996. The summed E-state index contributed by atoms with van der Waals surface area (Å²) < 4.78 is 45.9. The number of hydrogen-bond donors (Lipinski definition) is 3. The van der Waals surface area contributed by atoms with Crippen molar-refractivity contribution in [1.82, 2.24) is 4.90 Å². The zero-order valence-electron chi connectivity index (χ0n) is 40.7. The standard InChI is InChI=1S/C52H72FN3O10/c1-13-42-52(9,61)47(59)32(4)44(55-54-35(7)37-21-23-39(24-22-37)38-17-15-14-16-18-38)30(2)29-51(8,62-12)48(66-50-45(58)41(56(10)11)27-31(3)63-50)33(5)46(34(6)49(60)64-42)65-43(57)28-36-19-25-40(53)26-20-36/h14-26,30-34,41-42,45-48,50,58-59,61H,13,27-29H2,1-12H3. The van der Waals surface area contributed by atoms with E-state index in [4.69, 9.17) is 33.9 Å². The maximum atomic E-state index is 14.4. The zero-order chi connectivity index (χ0) is 48.7. The first-order valence-corrected chi connectivity index (χ1v) is 23.1. The number of nitrogens with zero attached hydrogens (tertiary/aromatic N) is 3. The van der Waals surface area contributed by atoms with Crippen LogP contribution in [0.25, 0.3) is 11.1 Å². The van der Waals surface area contributed by atoms with E-state index in [0.717, 1.165) is 16.7 Å². The molecule has 14 unspecified atom stereocenters. The van der Waals surface area contributed by atoms with Crippen LogP contribution in [0, 0.1) is 29.5 Å². The predicted octanol–water partition coefficient (Wildman–Crippen LogP) is 7.41. The summed E-state index contributed by atoms with van der Waals surface area (Å²) >= 11 is 0. The van der Waals surface area contributed by atoms with Crippen molar-refractivity contribution in [3.05, 3.63) is 95.8 Å². The highest BCUT2D eigenvalue weighted by Gasteiger charge is 2.52. The minimum absolute atomic E-state index is 0.133. The number of hydrogen-bond acceptors (Lipinski definition) is 13. The molecule has 2 heterocycles. The van der Waals surface area contributed by atoms with Gasteiger partial charge in [0.05, 0.1) is 42.0 Å². The van der Waals surface area contributed by atoms with Gasteiger partial charge in [-0.15, -0.1) is 0 Å². The van der Waals surface area contributed by atoms with Crippen molar-refractivity contribution >= 4 is 23.4 Å². The van der Waals surface area contributed by atoms with Crippen LogP contribution in [0.5, 0.6) is 0 Å². The van der Waals surface area contributed by atoms with Crippen LogP contribution in [-0.2, 0) is 39.7 Å². The maximum Gasteiger partial charge on any atom is 0.312 e. The molecule has 2 fully saturated rings. The molecule has 3 N–H and O–H groups in total. The van der Waals surface area contributed by atoms with Gasteiger partial charge in [-0.05, 0) is 108 Å². The number of cyclic esters (lactones) is 1. The molecule has 362 valence electrons. The topological polar surface area (TPSA) is 169 Å². The molecule has 2 saturated heterocycles. The summed E-state index contributed by atoms with van der Waals surface area (Å²) in [6.07, 6.45) is -6.92. The Kier molecular flexibility index (Phi) is 18.0. The van der Waals surface area contributed by atoms with Crippen molar-refractivity contribution in [2.45, 2.75) is 148 Å². The largest absolute Gasteiger partial charge is 0.461 e. The van der Waals surface area contributed by atoms with E-state index >= 15 is 0 Å². The van der Waals surface area contributed by atoms with Gasteiger partial charge in [0.15, 0.2) is 6.29 Å². The third kappa shape index (κ3) is 12.4. The molecule has 0 saturated carbocycles. The second kappa shape index (κ2) is 22.6. The summed E-state index contributed by atoms with van der Waals surface area (Å²) in [5, 5.41) is 45.7. The lowest BCUT2D eigenvalue weighted by Gasteiger charge is -2.48. The molecule has 2 aliphatic heterocycles. The van der Waals surface area contributed by atoms with E-state index in [1.165, 1.54) is 38.3 Å². The van der Waals surface area contributed by atoms with Gasteiger partial charge in [-0.25, -0.2) is 4.39 Å². The van der Waals surface area contributed by atoms with E-state index < -0.39 is 89.4 Å². The van der Waals surface area contributed by atoms with Gasteiger partial charge in [-0.3, -0.25) is 9.59 Å². The van der Waals surface area contributed by atoms with E-state index in [1.54, 1.807) is 27.7 Å². The smallest absolute Gasteiger partial charge is 0.312 e. The molecule has 0 bridgehead atoms. The first-order valence-electron chi connectivity index (χ1n) is 23.1. The minimum Gasteiger partial charge on any atom is -0.461 e. The highest BCUT2D eigenvalue weighted by molar-refractivity contribution is 6.00. The Labute approximate surface area is 390 Å². The molecule has 14 atom stereocenters. The number of rotatable bonds is 11. The number of ether oxygens (including phenoxy) is 5. The number of aliphatic hydroxyl groups excluding tert-OH is 2. The lowest BCUT2D eigenvalue weighted by molar-refractivity contribution is -0.301. The molecule has 5 rings (SSSR count). The molecule has 66 heavy (non-hydrogen) atoms. The van der Waals surface area contributed by atoms with Crippen LogP contribution in [0.4, 0.5) is 4.39 Å². The fourth-order valence-corrected chi connectivity index (χ4v) is 9.67. The molecule has 13 nitrogen and oxygen atoms in total. The number of halogens is 1. The number of carbonyl (C=O) groups excluding carboxylic acids is 2. The molecule has 14 heteroatoms. The van der Waals surface area contributed by atoms with Gasteiger partial charge in [-0.2, -0.15) is 10.2 Å². The fraction of sp³-hybridized carbons (Fsp3) is 0.577. The molecule has 0 spiro atoms. The number of benzene rings is 3. The Hall–Kier alpha value is -4.41. The van der Waals surface area contributed by atoms with Crippen molar-refractivity contribution < 1.29 is 53.0 Å². The number of methoxy groups -OCH3 is 1. The van der Waals surface area contributed by atoms with Crippen LogP contribution in [0.1, 0.15) is 92.7 Å². The Morgan fingerprint density at radius 3 is 2.14 bits per heavy atom. The average molecular weight is 918 g/mol. The van der Waals surface area contributed by atoms with Crippen LogP contribution >= 0.6 is 0 Å². The molecule has 0 amide bonds. The third-order valence-electron chi connectivity index (χ3n) is 13.8. The first kappa shape index (κ1) is 52.6. The third-order valence-corrected chi connectivity index (χ3v) is 13.8. The zero-order valence-corrected chi connectivity index (χ0v) is 40.7. The Balaban J connectivity index is 1.64. The predicted molar refractivity (Wildman–Crippen MR) is 252 cm³/mol. The monoisotopic (exact) mass is 918 g/mol. The molecule has 2 aliphatic rings. The van der Waals surface area contributed by atoms with Crippen molar-refractivity contribution in [3.63, 3.8) is 0 Å². The van der Waals surface area contributed by atoms with Gasteiger partial charge in [0.2, 0.25) is 0 Å². The maximum absolute atomic E-state index is 14.4. The highest BCUT2D eigenvalue weighted by atomic mass is 19.1. The lowest BCUT2D eigenvalue weighted by atomic mass is 9.73. The van der Waals surface area contributed by atoms with E-state index in [0.29, 0.717) is 23.4 Å². The Bertz CT molecular complexity index is 2120. The van der Waals surface area contributed by atoms with Crippen LogP contribution in [0.2, 0.25) is 0 Å². The molecule has 3 aromatic carbocycles. The summed E-state index contributed by atoms with van der Waals surface area (Å²) in [5.74, 6) is -5.29. The summed E-state index contributed by atoms with van der Waals surface area (Å²) in [6.45, 7) is 15.8. The van der Waals surface area contributed by atoms with Gasteiger partial charge in [0.25, 0.3) is 0 Å². The van der Waals surface area contributed by atoms with Gasteiger partial charge in [0, 0.05) is 30.7 Å². The highest BCUT2D eigenvalue weighted by Crippen LogP contribution is 2.40. The van der Waals surface area contributed by atoms with Crippen LogP contribution in [0.3, 0.4) is 0 Å². The molecule has 3 aromatic rings. The van der Waals surface area contributed by atoms with Crippen molar-refractivity contribution in [1.29, 1.82) is 0 Å². The van der Waals surface area contributed by atoms with Crippen LogP contribution in [-0.4, -0.2) is 125 Å². The van der Waals surface area contributed by atoms with Crippen LogP contribution in [0.15, 0.2) is 89.1 Å². The van der Waals surface area contributed by atoms with Crippen molar-refractivity contribution in [2.75, 3.05) is 21.2 Å². The lowest BCUT2D eigenvalue weighted by Crippen LogP contribution is -2.60. The van der Waals surface area contributed by atoms with Crippen molar-refractivity contribution in [3.8, 4) is 11.1 Å².